The van der Waals surface area contributed by atoms with Crippen molar-refractivity contribution < 1.29 is 14.3 Å². The molecule has 2 aromatic rings. The van der Waals surface area contributed by atoms with Crippen molar-refractivity contribution in [2.75, 3.05) is 6.54 Å². The van der Waals surface area contributed by atoms with Crippen molar-refractivity contribution in [1.29, 1.82) is 0 Å². The van der Waals surface area contributed by atoms with Crippen LogP contribution in [0.15, 0.2) is 22.1 Å². The van der Waals surface area contributed by atoms with Crippen molar-refractivity contribution in [2.24, 2.45) is 5.92 Å². The lowest BCUT2D eigenvalue weighted by atomic mass is 10.0. The standard InChI is InChI=1S/C16H20N2O3S/c1-10-18-13(9-22-10)15-6-12(8-21-15)16(20)17-7-14(19)11-4-2-3-5-11/h6,8-9,11,14,19H,2-5,7H2,1H3,(H,17,20). The Morgan fingerprint density at radius 1 is 1.55 bits per heavy atom. The first-order valence-electron chi connectivity index (χ1n) is 7.61. The van der Waals surface area contributed by atoms with Crippen LogP contribution < -0.4 is 5.32 Å². The molecule has 2 heterocycles. The highest BCUT2D eigenvalue weighted by Crippen LogP contribution is 2.27. The minimum Gasteiger partial charge on any atom is -0.462 e. The first kappa shape index (κ1) is 15.2. The monoisotopic (exact) mass is 320 g/mol. The summed E-state index contributed by atoms with van der Waals surface area (Å²) in [5.74, 6) is 0.683. The Hall–Kier alpha value is -1.66. The van der Waals surface area contributed by atoms with Crippen LogP contribution >= 0.6 is 11.3 Å². The Morgan fingerprint density at radius 2 is 2.32 bits per heavy atom. The number of hydrogen-bond donors (Lipinski definition) is 2. The summed E-state index contributed by atoms with van der Waals surface area (Å²) in [5.41, 5.74) is 1.20. The Balaban J connectivity index is 1.57. The van der Waals surface area contributed by atoms with Gasteiger partial charge in [0.2, 0.25) is 0 Å². The lowest BCUT2D eigenvalue weighted by Crippen LogP contribution is -2.35. The molecule has 0 spiro atoms. The first-order chi connectivity index (χ1) is 10.6. The van der Waals surface area contributed by atoms with Gasteiger partial charge in [0.1, 0.15) is 12.0 Å². The molecule has 1 amide bonds. The summed E-state index contributed by atoms with van der Waals surface area (Å²) in [6, 6.07) is 1.69. The van der Waals surface area contributed by atoms with Gasteiger partial charge in [-0.25, -0.2) is 4.98 Å². The number of hydrogen-bond acceptors (Lipinski definition) is 5. The molecule has 0 radical (unpaired) electrons. The number of aromatic nitrogens is 1. The number of furan rings is 1. The average Bonchev–Trinajstić information content (AvgIpc) is 3.23. The molecule has 5 nitrogen and oxygen atoms in total. The van der Waals surface area contributed by atoms with E-state index >= 15 is 0 Å². The number of aryl methyl sites for hydroxylation is 1. The molecule has 0 aliphatic heterocycles. The van der Waals surface area contributed by atoms with Crippen LogP contribution in [-0.2, 0) is 0 Å². The molecule has 22 heavy (non-hydrogen) atoms. The highest BCUT2D eigenvalue weighted by atomic mass is 32.1. The van der Waals surface area contributed by atoms with Crippen molar-refractivity contribution >= 4 is 17.2 Å². The summed E-state index contributed by atoms with van der Waals surface area (Å²) in [6.45, 7) is 2.22. The Labute approximate surface area is 133 Å². The minimum atomic E-state index is -0.459. The number of thiazole rings is 1. The number of carbonyl (C=O) groups excluding carboxylic acids is 1. The number of amides is 1. The molecule has 0 bridgehead atoms. The van der Waals surface area contributed by atoms with Crippen molar-refractivity contribution in [3.63, 3.8) is 0 Å². The third kappa shape index (κ3) is 3.39. The second-order valence-electron chi connectivity index (χ2n) is 5.77. The van der Waals surface area contributed by atoms with Crippen LogP contribution in [0.4, 0.5) is 0 Å². The number of aliphatic hydroxyl groups is 1. The molecule has 1 fully saturated rings. The molecule has 1 aliphatic carbocycles. The zero-order chi connectivity index (χ0) is 15.5. The third-order valence-corrected chi connectivity index (χ3v) is 4.92. The van der Waals surface area contributed by atoms with E-state index in [1.54, 1.807) is 17.4 Å². The van der Waals surface area contributed by atoms with Crippen LogP contribution in [0.2, 0.25) is 0 Å². The van der Waals surface area contributed by atoms with E-state index in [1.807, 2.05) is 12.3 Å². The van der Waals surface area contributed by atoms with Crippen LogP contribution in [0.5, 0.6) is 0 Å². The maximum atomic E-state index is 12.1. The Kier molecular flexibility index (Phi) is 4.59. The quantitative estimate of drug-likeness (QED) is 0.888. The van der Waals surface area contributed by atoms with Gasteiger partial charge in [-0.1, -0.05) is 12.8 Å². The Bertz CT molecular complexity index is 643. The van der Waals surface area contributed by atoms with Crippen LogP contribution in [-0.4, -0.2) is 28.6 Å². The molecule has 6 heteroatoms. The Morgan fingerprint density at radius 3 is 3.00 bits per heavy atom. The van der Waals surface area contributed by atoms with Gasteiger partial charge in [0.25, 0.3) is 5.91 Å². The van der Waals surface area contributed by atoms with Crippen molar-refractivity contribution in [2.45, 2.75) is 38.7 Å². The second-order valence-corrected chi connectivity index (χ2v) is 6.84. The summed E-state index contributed by atoms with van der Waals surface area (Å²) < 4.78 is 5.41. The summed E-state index contributed by atoms with van der Waals surface area (Å²) in [6.07, 6.45) is 5.42. The molecule has 1 saturated carbocycles. The molecule has 1 aliphatic rings. The van der Waals surface area contributed by atoms with E-state index in [-0.39, 0.29) is 5.91 Å². The van der Waals surface area contributed by atoms with E-state index in [0.717, 1.165) is 23.5 Å². The number of nitrogens with zero attached hydrogens (tertiary/aromatic N) is 1. The maximum absolute atomic E-state index is 12.1. The molecular weight excluding hydrogens is 300 g/mol. The fourth-order valence-electron chi connectivity index (χ4n) is 2.87. The summed E-state index contributed by atoms with van der Waals surface area (Å²) in [4.78, 5) is 16.4. The van der Waals surface area contributed by atoms with Crippen molar-refractivity contribution in [1.82, 2.24) is 10.3 Å². The van der Waals surface area contributed by atoms with Crippen LogP contribution in [0.25, 0.3) is 11.5 Å². The van der Waals surface area contributed by atoms with Gasteiger partial charge in [0, 0.05) is 11.9 Å². The van der Waals surface area contributed by atoms with Gasteiger partial charge in [-0.2, -0.15) is 0 Å². The zero-order valence-corrected chi connectivity index (χ0v) is 13.4. The number of carbonyl (C=O) groups is 1. The van der Waals surface area contributed by atoms with E-state index in [1.165, 1.54) is 19.1 Å². The van der Waals surface area contributed by atoms with E-state index in [2.05, 4.69) is 10.3 Å². The summed E-state index contributed by atoms with van der Waals surface area (Å²) in [7, 11) is 0. The second kappa shape index (κ2) is 6.62. The minimum absolute atomic E-state index is 0.223. The van der Waals surface area contributed by atoms with Gasteiger partial charge in [-0.05, 0) is 31.7 Å². The van der Waals surface area contributed by atoms with E-state index in [9.17, 15) is 9.90 Å². The molecule has 2 N–H and O–H groups in total. The molecule has 3 rings (SSSR count). The molecule has 118 valence electrons. The van der Waals surface area contributed by atoms with Gasteiger partial charge in [0.15, 0.2) is 5.76 Å². The van der Waals surface area contributed by atoms with Crippen molar-refractivity contribution in [3.05, 3.63) is 28.3 Å². The van der Waals surface area contributed by atoms with Crippen LogP contribution in [0, 0.1) is 12.8 Å². The topological polar surface area (TPSA) is 75.4 Å². The predicted octanol–water partition coefficient (Wildman–Crippen LogP) is 2.99. The molecular formula is C16H20N2O3S. The first-order valence-corrected chi connectivity index (χ1v) is 8.49. The average molecular weight is 320 g/mol. The molecule has 1 unspecified atom stereocenters. The van der Waals surface area contributed by atoms with Gasteiger partial charge >= 0.3 is 0 Å². The lowest BCUT2D eigenvalue weighted by molar-refractivity contribution is 0.0840. The normalized spacial score (nSPS) is 16.8. The van der Waals surface area contributed by atoms with Crippen LogP contribution in [0.3, 0.4) is 0 Å². The number of aliphatic hydroxyl groups excluding tert-OH is 1. The van der Waals surface area contributed by atoms with Gasteiger partial charge < -0.3 is 14.8 Å². The third-order valence-electron chi connectivity index (χ3n) is 4.15. The molecule has 1 atom stereocenters. The summed E-state index contributed by atoms with van der Waals surface area (Å²) >= 11 is 1.54. The van der Waals surface area contributed by atoms with Crippen LogP contribution in [0.1, 0.15) is 41.0 Å². The number of rotatable bonds is 5. The molecule has 0 aromatic carbocycles. The fraction of sp³-hybridized carbons (Fsp3) is 0.500. The van der Waals surface area contributed by atoms with Crippen molar-refractivity contribution in [3.8, 4) is 11.5 Å². The van der Waals surface area contributed by atoms with E-state index in [0.29, 0.717) is 23.8 Å². The fourth-order valence-corrected chi connectivity index (χ4v) is 3.48. The SMILES string of the molecule is Cc1nc(-c2cc(C(=O)NCC(O)C3CCCC3)co2)cs1. The lowest BCUT2D eigenvalue weighted by Gasteiger charge is -2.17. The van der Waals surface area contributed by atoms with Gasteiger partial charge in [-0.3, -0.25) is 4.79 Å². The summed E-state index contributed by atoms with van der Waals surface area (Å²) in [5, 5.41) is 15.7. The van der Waals surface area contributed by atoms with E-state index < -0.39 is 6.10 Å². The highest BCUT2D eigenvalue weighted by molar-refractivity contribution is 7.09. The van der Waals surface area contributed by atoms with E-state index in [4.69, 9.17) is 4.42 Å². The predicted molar refractivity (Wildman–Crippen MR) is 84.9 cm³/mol. The maximum Gasteiger partial charge on any atom is 0.254 e. The molecule has 0 saturated heterocycles. The van der Waals surface area contributed by atoms with Gasteiger partial charge in [-0.15, -0.1) is 11.3 Å². The zero-order valence-electron chi connectivity index (χ0n) is 12.5. The highest BCUT2D eigenvalue weighted by Gasteiger charge is 2.23. The molecule has 2 aromatic heterocycles. The number of nitrogens with one attached hydrogen (secondary N) is 1. The largest absolute Gasteiger partial charge is 0.462 e. The smallest absolute Gasteiger partial charge is 0.254 e. The van der Waals surface area contributed by atoms with Gasteiger partial charge in [0.05, 0.1) is 16.7 Å².